The summed E-state index contributed by atoms with van der Waals surface area (Å²) in [4.78, 5) is 23.9. The third-order valence-corrected chi connectivity index (χ3v) is 4.62. The number of nitrogens with one attached hydrogen (secondary N) is 2. The minimum atomic E-state index is -0.150. The second-order valence-electron chi connectivity index (χ2n) is 5.78. The molecular formula is C19H24N2O4S. The Bertz CT molecular complexity index is 731. The monoisotopic (exact) mass is 376 g/mol. The number of hydrogen-bond donors (Lipinski definition) is 2. The summed E-state index contributed by atoms with van der Waals surface area (Å²) in [6, 6.07) is 7.19. The van der Waals surface area contributed by atoms with E-state index in [4.69, 9.17) is 9.47 Å². The predicted octanol–water partition coefficient (Wildman–Crippen LogP) is 3.15. The van der Waals surface area contributed by atoms with Crippen LogP contribution in [0.3, 0.4) is 0 Å². The molecule has 7 heteroatoms. The average Bonchev–Trinajstić information content (AvgIpc) is 3.19. The van der Waals surface area contributed by atoms with Crippen LogP contribution in [-0.4, -0.2) is 32.6 Å². The fraction of sp³-hybridized carbons (Fsp3) is 0.368. The minimum Gasteiger partial charge on any atom is -0.493 e. The van der Waals surface area contributed by atoms with E-state index in [0.717, 1.165) is 5.56 Å². The van der Waals surface area contributed by atoms with E-state index in [1.807, 2.05) is 30.5 Å². The summed E-state index contributed by atoms with van der Waals surface area (Å²) in [6.45, 7) is 2.38. The molecule has 0 saturated heterocycles. The number of carbonyl (C=O) groups excluding carboxylic acids is 2. The van der Waals surface area contributed by atoms with Crippen molar-refractivity contribution in [1.82, 2.24) is 10.6 Å². The van der Waals surface area contributed by atoms with E-state index in [2.05, 4.69) is 10.6 Å². The van der Waals surface area contributed by atoms with Gasteiger partial charge in [0.15, 0.2) is 11.5 Å². The molecule has 0 radical (unpaired) electrons. The number of carbonyl (C=O) groups is 2. The zero-order valence-corrected chi connectivity index (χ0v) is 16.0. The molecule has 0 aliphatic rings. The summed E-state index contributed by atoms with van der Waals surface area (Å²) >= 11 is 1.48. The molecule has 2 aromatic rings. The Kier molecular flexibility index (Phi) is 7.47. The topological polar surface area (TPSA) is 76.7 Å². The maximum atomic E-state index is 12.1. The summed E-state index contributed by atoms with van der Waals surface area (Å²) < 4.78 is 10.5. The molecule has 2 amide bonds. The lowest BCUT2D eigenvalue weighted by Crippen LogP contribution is -2.29. The van der Waals surface area contributed by atoms with Crippen LogP contribution >= 0.6 is 11.3 Å². The van der Waals surface area contributed by atoms with E-state index in [1.165, 1.54) is 11.3 Å². The first-order valence-corrected chi connectivity index (χ1v) is 9.31. The SMILES string of the molecule is COc1ccc(C(C)NC(=O)CCCNC(=O)c2ccsc2)cc1OC. The molecule has 0 fully saturated rings. The van der Waals surface area contributed by atoms with Gasteiger partial charge in [-0.3, -0.25) is 9.59 Å². The molecule has 0 saturated carbocycles. The molecule has 26 heavy (non-hydrogen) atoms. The molecule has 6 nitrogen and oxygen atoms in total. The van der Waals surface area contributed by atoms with Crippen LogP contribution in [-0.2, 0) is 4.79 Å². The van der Waals surface area contributed by atoms with E-state index >= 15 is 0 Å². The number of rotatable bonds is 9. The molecular weight excluding hydrogens is 352 g/mol. The maximum absolute atomic E-state index is 12.1. The van der Waals surface area contributed by atoms with Gasteiger partial charge in [-0.15, -0.1) is 0 Å². The van der Waals surface area contributed by atoms with Crippen LogP contribution in [0.5, 0.6) is 11.5 Å². The molecule has 0 aliphatic heterocycles. The summed E-state index contributed by atoms with van der Waals surface area (Å²) in [7, 11) is 3.16. The second kappa shape index (κ2) is 9.82. The van der Waals surface area contributed by atoms with Crippen molar-refractivity contribution in [1.29, 1.82) is 0 Å². The van der Waals surface area contributed by atoms with Gasteiger partial charge in [0.1, 0.15) is 0 Å². The first kappa shape index (κ1) is 19.8. The van der Waals surface area contributed by atoms with Crippen molar-refractivity contribution in [2.45, 2.75) is 25.8 Å². The summed E-state index contributed by atoms with van der Waals surface area (Å²) in [6.07, 6.45) is 0.932. The lowest BCUT2D eigenvalue weighted by atomic mass is 10.1. The van der Waals surface area contributed by atoms with Crippen molar-refractivity contribution >= 4 is 23.2 Å². The van der Waals surface area contributed by atoms with Crippen LogP contribution < -0.4 is 20.1 Å². The zero-order chi connectivity index (χ0) is 18.9. The van der Waals surface area contributed by atoms with Crippen molar-refractivity contribution in [2.24, 2.45) is 0 Å². The summed E-state index contributed by atoms with van der Waals surface area (Å²) in [5, 5.41) is 9.42. The third kappa shape index (κ3) is 5.49. The van der Waals surface area contributed by atoms with Gasteiger partial charge in [-0.2, -0.15) is 11.3 Å². The highest BCUT2D eigenvalue weighted by Gasteiger charge is 2.13. The number of thiophene rings is 1. The van der Waals surface area contributed by atoms with Gasteiger partial charge in [-0.1, -0.05) is 6.07 Å². The lowest BCUT2D eigenvalue weighted by Gasteiger charge is -2.16. The highest BCUT2D eigenvalue weighted by Crippen LogP contribution is 2.29. The molecule has 140 valence electrons. The third-order valence-electron chi connectivity index (χ3n) is 3.93. The molecule has 2 N–H and O–H groups in total. The van der Waals surface area contributed by atoms with Gasteiger partial charge in [0.2, 0.25) is 5.91 Å². The van der Waals surface area contributed by atoms with Gasteiger partial charge >= 0.3 is 0 Å². The first-order valence-electron chi connectivity index (χ1n) is 8.36. The largest absolute Gasteiger partial charge is 0.493 e. The summed E-state index contributed by atoms with van der Waals surface area (Å²) in [5.41, 5.74) is 1.59. The number of amides is 2. The quantitative estimate of drug-likeness (QED) is 0.659. The smallest absolute Gasteiger partial charge is 0.252 e. The molecule has 1 aromatic heterocycles. The van der Waals surface area contributed by atoms with Gasteiger partial charge in [0, 0.05) is 23.9 Å². The fourth-order valence-corrected chi connectivity index (χ4v) is 3.10. The van der Waals surface area contributed by atoms with Crippen LogP contribution in [0.2, 0.25) is 0 Å². The molecule has 1 aromatic carbocycles. The normalized spacial score (nSPS) is 11.5. The Labute approximate surface area is 157 Å². The average molecular weight is 376 g/mol. The molecule has 0 bridgehead atoms. The fourth-order valence-electron chi connectivity index (χ4n) is 2.47. The lowest BCUT2D eigenvalue weighted by molar-refractivity contribution is -0.121. The van der Waals surface area contributed by atoms with E-state index in [-0.39, 0.29) is 17.9 Å². The predicted molar refractivity (Wildman–Crippen MR) is 102 cm³/mol. The standard InChI is InChI=1S/C19H24N2O4S/c1-13(14-6-7-16(24-2)17(11-14)25-3)21-18(22)5-4-9-20-19(23)15-8-10-26-12-15/h6-8,10-13H,4-5,9H2,1-3H3,(H,20,23)(H,21,22). The van der Waals surface area contributed by atoms with Crippen LogP contribution in [0.15, 0.2) is 35.0 Å². The minimum absolute atomic E-state index is 0.0583. The van der Waals surface area contributed by atoms with Crippen molar-refractivity contribution in [2.75, 3.05) is 20.8 Å². The molecule has 2 rings (SSSR count). The molecule has 1 unspecified atom stereocenters. The Balaban J connectivity index is 1.76. The van der Waals surface area contributed by atoms with Crippen molar-refractivity contribution < 1.29 is 19.1 Å². The molecule has 1 heterocycles. The van der Waals surface area contributed by atoms with Crippen LogP contribution in [0, 0.1) is 0 Å². The van der Waals surface area contributed by atoms with Gasteiger partial charge in [-0.25, -0.2) is 0 Å². The van der Waals surface area contributed by atoms with Gasteiger partial charge in [-0.05, 0) is 42.5 Å². The number of methoxy groups -OCH3 is 2. The number of benzene rings is 1. The van der Waals surface area contributed by atoms with Gasteiger partial charge in [0.05, 0.1) is 20.3 Å². The van der Waals surface area contributed by atoms with Crippen molar-refractivity contribution in [3.05, 3.63) is 46.2 Å². The zero-order valence-electron chi connectivity index (χ0n) is 15.2. The molecule has 0 aliphatic carbocycles. The number of hydrogen-bond acceptors (Lipinski definition) is 5. The van der Waals surface area contributed by atoms with Crippen LogP contribution in [0.1, 0.15) is 41.7 Å². The van der Waals surface area contributed by atoms with Gasteiger partial charge in [0.25, 0.3) is 5.91 Å². The highest BCUT2D eigenvalue weighted by molar-refractivity contribution is 7.08. The Morgan fingerprint density at radius 1 is 1.15 bits per heavy atom. The second-order valence-corrected chi connectivity index (χ2v) is 6.56. The van der Waals surface area contributed by atoms with E-state index in [1.54, 1.807) is 25.7 Å². The Morgan fingerprint density at radius 2 is 1.92 bits per heavy atom. The Morgan fingerprint density at radius 3 is 2.58 bits per heavy atom. The van der Waals surface area contributed by atoms with Crippen LogP contribution in [0.4, 0.5) is 0 Å². The van der Waals surface area contributed by atoms with Crippen LogP contribution in [0.25, 0.3) is 0 Å². The first-order chi connectivity index (χ1) is 12.5. The number of ether oxygens (including phenoxy) is 2. The van der Waals surface area contributed by atoms with E-state index in [9.17, 15) is 9.59 Å². The highest BCUT2D eigenvalue weighted by atomic mass is 32.1. The van der Waals surface area contributed by atoms with Crippen molar-refractivity contribution in [3.63, 3.8) is 0 Å². The van der Waals surface area contributed by atoms with E-state index in [0.29, 0.717) is 36.4 Å². The molecule has 0 spiro atoms. The summed E-state index contributed by atoms with van der Waals surface area (Å²) in [5.74, 6) is 1.11. The van der Waals surface area contributed by atoms with Crippen molar-refractivity contribution in [3.8, 4) is 11.5 Å². The van der Waals surface area contributed by atoms with E-state index < -0.39 is 0 Å². The van der Waals surface area contributed by atoms with Gasteiger partial charge < -0.3 is 20.1 Å². The molecule has 1 atom stereocenters. The Hall–Kier alpha value is -2.54. The maximum Gasteiger partial charge on any atom is 0.252 e.